The SMILES string of the molecule is CCC(=O)[C@@]1(C#CC(F)(F)F)CC[C@H]2[C@@H]3CCC4=CC(=O)CCC4=C3[C@@H](c3ccc(N)cc3)C[C@@]21C. The molecule has 0 heterocycles. The number of nitrogens with two attached hydrogens (primary N) is 1. The summed E-state index contributed by atoms with van der Waals surface area (Å²) in [7, 11) is 0. The Balaban J connectivity index is 1.71. The lowest BCUT2D eigenvalue weighted by Crippen LogP contribution is -2.50. The van der Waals surface area contributed by atoms with E-state index in [9.17, 15) is 22.8 Å². The highest BCUT2D eigenvalue weighted by atomic mass is 19.4. The van der Waals surface area contributed by atoms with Crippen LogP contribution in [0.15, 0.2) is 47.1 Å². The normalized spacial score (nSPS) is 33.6. The Morgan fingerprint density at radius 2 is 1.86 bits per heavy atom. The van der Waals surface area contributed by atoms with Crippen molar-refractivity contribution in [2.45, 2.75) is 77.3 Å². The molecular formula is C30H32F3NO2. The molecule has 0 radical (unpaired) electrons. The van der Waals surface area contributed by atoms with Crippen LogP contribution in [0, 0.1) is 34.5 Å². The first-order valence-corrected chi connectivity index (χ1v) is 13.0. The van der Waals surface area contributed by atoms with Crippen LogP contribution in [0.25, 0.3) is 0 Å². The molecule has 2 saturated carbocycles. The van der Waals surface area contributed by atoms with Crippen LogP contribution >= 0.6 is 0 Å². The van der Waals surface area contributed by atoms with Crippen LogP contribution in [0.5, 0.6) is 0 Å². The van der Waals surface area contributed by atoms with Crippen LogP contribution in [0.2, 0.25) is 0 Å². The van der Waals surface area contributed by atoms with Gasteiger partial charge in [-0.05, 0) is 90.7 Å². The summed E-state index contributed by atoms with van der Waals surface area (Å²) in [5.74, 6) is 4.21. The van der Waals surface area contributed by atoms with E-state index in [1.54, 1.807) is 13.0 Å². The summed E-state index contributed by atoms with van der Waals surface area (Å²) in [6.45, 7) is 3.74. The second-order valence-corrected chi connectivity index (χ2v) is 11.1. The zero-order valence-corrected chi connectivity index (χ0v) is 20.8. The molecule has 1 aromatic carbocycles. The first kappa shape index (κ1) is 24.9. The summed E-state index contributed by atoms with van der Waals surface area (Å²) >= 11 is 0. The van der Waals surface area contributed by atoms with Gasteiger partial charge >= 0.3 is 6.18 Å². The van der Waals surface area contributed by atoms with Crippen molar-refractivity contribution >= 4 is 17.3 Å². The summed E-state index contributed by atoms with van der Waals surface area (Å²) in [5, 5.41) is 0. The molecule has 3 nitrogen and oxygen atoms in total. The van der Waals surface area contributed by atoms with Gasteiger partial charge in [-0.1, -0.05) is 37.5 Å². The molecule has 2 fully saturated rings. The van der Waals surface area contributed by atoms with Crippen molar-refractivity contribution < 1.29 is 22.8 Å². The third kappa shape index (κ3) is 3.83. The summed E-state index contributed by atoms with van der Waals surface area (Å²) in [6, 6.07) is 7.72. The molecule has 1 aromatic rings. The monoisotopic (exact) mass is 495 g/mol. The van der Waals surface area contributed by atoms with Crippen LogP contribution < -0.4 is 5.73 Å². The fraction of sp³-hybridized carbons (Fsp3) is 0.533. The standard InChI is InChI=1S/C30H32F3NO2/c1-3-26(36)29(14-15-30(31,32)33)13-12-25-23-10-6-19-16-21(35)9-11-22(19)27(23)24(17-28(25,29)2)18-4-7-20(34)8-5-18/h4-5,7-8,16,23-25H,3,6,9-13,17,34H2,1-2H3/t23-,24+,25-,28-,29-/m0/s1. The Hall–Kier alpha value is -2.81. The molecule has 0 spiro atoms. The maximum Gasteiger partial charge on any atom is 0.457 e. The van der Waals surface area contributed by atoms with Crippen LogP contribution in [0.4, 0.5) is 18.9 Å². The van der Waals surface area contributed by atoms with Gasteiger partial charge in [-0.3, -0.25) is 9.59 Å². The lowest BCUT2D eigenvalue weighted by atomic mass is 9.48. The number of carbonyl (C=O) groups is 2. The highest BCUT2D eigenvalue weighted by Crippen LogP contribution is 2.69. The molecule has 0 saturated heterocycles. The molecule has 5 atom stereocenters. The lowest BCUT2D eigenvalue weighted by molar-refractivity contribution is -0.132. The van der Waals surface area contributed by atoms with E-state index in [2.05, 4.69) is 5.92 Å². The van der Waals surface area contributed by atoms with Gasteiger partial charge in [0.1, 0.15) is 0 Å². The van der Waals surface area contributed by atoms with E-state index in [1.807, 2.05) is 31.2 Å². The van der Waals surface area contributed by atoms with Crippen LogP contribution in [0.1, 0.15) is 76.7 Å². The molecule has 190 valence electrons. The number of fused-ring (bicyclic) bond motifs is 4. The summed E-state index contributed by atoms with van der Waals surface area (Å²) < 4.78 is 40.0. The summed E-state index contributed by atoms with van der Waals surface area (Å²) in [5.41, 5.74) is 9.38. The molecule has 36 heavy (non-hydrogen) atoms. The van der Waals surface area contributed by atoms with E-state index >= 15 is 0 Å². The van der Waals surface area contributed by atoms with Gasteiger partial charge in [-0.25, -0.2) is 0 Å². The minimum Gasteiger partial charge on any atom is -0.399 e. The zero-order valence-electron chi connectivity index (χ0n) is 20.8. The number of hydrogen-bond acceptors (Lipinski definition) is 3. The van der Waals surface area contributed by atoms with Gasteiger partial charge in [0.25, 0.3) is 0 Å². The van der Waals surface area contributed by atoms with Gasteiger partial charge in [-0.15, -0.1) is 0 Å². The first-order valence-electron chi connectivity index (χ1n) is 13.0. The number of hydrogen-bond donors (Lipinski definition) is 1. The largest absolute Gasteiger partial charge is 0.457 e. The topological polar surface area (TPSA) is 60.2 Å². The number of halogens is 3. The smallest absolute Gasteiger partial charge is 0.399 e. The fourth-order valence-corrected chi connectivity index (χ4v) is 7.93. The van der Waals surface area contributed by atoms with Gasteiger partial charge in [-0.2, -0.15) is 13.2 Å². The van der Waals surface area contributed by atoms with Gasteiger partial charge in [0, 0.05) is 30.4 Å². The van der Waals surface area contributed by atoms with Gasteiger partial charge in [0.15, 0.2) is 11.6 Å². The lowest BCUT2D eigenvalue weighted by Gasteiger charge is -2.54. The Labute approximate surface area is 210 Å². The van der Waals surface area contributed by atoms with E-state index in [-0.39, 0.29) is 35.7 Å². The highest BCUT2D eigenvalue weighted by molar-refractivity contribution is 5.93. The zero-order chi connectivity index (χ0) is 25.9. The first-order chi connectivity index (χ1) is 17.0. The summed E-state index contributed by atoms with van der Waals surface area (Å²) in [4.78, 5) is 25.7. The number of allylic oxidation sites excluding steroid dienone is 4. The number of benzene rings is 1. The number of anilines is 1. The van der Waals surface area contributed by atoms with Crippen molar-refractivity contribution in [3.05, 3.63) is 52.6 Å². The molecule has 5 rings (SSSR count). The third-order valence-corrected chi connectivity index (χ3v) is 9.48. The molecule has 6 heteroatoms. The van der Waals surface area contributed by atoms with E-state index in [1.165, 1.54) is 17.1 Å². The van der Waals surface area contributed by atoms with Crippen LogP contribution in [-0.2, 0) is 9.59 Å². The van der Waals surface area contributed by atoms with E-state index in [0.717, 1.165) is 24.0 Å². The van der Waals surface area contributed by atoms with Crippen molar-refractivity contribution in [3.63, 3.8) is 0 Å². The second kappa shape index (κ2) is 8.64. The average Bonchev–Trinajstić information content (AvgIpc) is 3.14. The number of alkyl halides is 3. The van der Waals surface area contributed by atoms with Crippen molar-refractivity contribution in [3.8, 4) is 11.8 Å². The maximum absolute atomic E-state index is 13.5. The Bertz CT molecular complexity index is 1230. The maximum atomic E-state index is 13.5. The molecule has 4 aliphatic carbocycles. The van der Waals surface area contributed by atoms with Crippen molar-refractivity contribution in [1.82, 2.24) is 0 Å². The Kier molecular flexibility index (Phi) is 5.97. The number of ketones is 2. The number of nitrogen functional groups attached to an aromatic ring is 1. The Morgan fingerprint density at radius 3 is 2.53 bits per heavy atom. The number of rotatable bonds is 3. The molecule has 0 amide bonds. The van der Waals surface area contributed by atoms with Crippen LogP contribution in [0.3, 0.4) is 0 Å². The van der Waals surface area contributed by atoms with E-state index in [0.29, 0.717) is 37.8 Å². The fourth-order valence-electron chi connectivity index (χ4n) is 7.93. The highest BCUT2D eigenvalue weighted by Gasteiger charge is 2.65. The molecule has 0 aromatic heterocycles. The minimum absolute atomic E-state index is 0.0569. The molecule has 0 unspecified atom stereocenters. The molecule has 0 aliphatic heterocycles. The average molecular weight is 496 g/mol. The van der Waals surface area contributed by atoms with E-state index < -0.39 is 17.0 Å². The Morgan fingerprint density at radius 1 is 1.14 bits per heavy atom. The number of carbonyl (C=O) groups excluding carboxylic acids is 2. The molecule has 4 aliphatic rings. The second-order valence-electron chi connectivity index (χ2n) is 11.1. The van der Waals surface area contributed by atoms with Gasteiger partial charge in [0.05, 0.1) is 5.41 Å². The number of Topliss-reactive ketones (excluding diaryl/α,β-unsaturated/α-hetero) is 1. The summed E-state index contributed by atoms with van der Waals surface area (Å²) in [6.07, 6.45) is 1.73. The minimum atomic E-state index is -4.65. The van der Waals surface area contributed by atoms with Gasteiger partial charge < -0.3 is 5.73 Å². The predicted molar refractivity (Wildman–Crippen MR) is 133 cm³/mol. The van der Waals surface area contributed by atoms with Crippen LogP contribution in [-0.4, -0.2) is 17.7 Å². The van der Waals surface area contributed by atoms with Gasteiger partial charge in [0.2, 0.25) is 0 Å². The predicted octanol–water partition coefficient (Wildman–Crippen LogP) is 6.70. The molecule has 2 N–H and O–H groups in total. The quantitative estimate of drug-likeness (QED) is 0.375. The van der Waals surface area contributed by atoms with Crippen molar-refractivity contribution in [1.29, 1.82) is 0 Å². The molecule has 0 bridgehead atoms. The van der Waals surface area contributed by atoms with Crippen molar-refractivity contribution in [2.75, 3.05) is 5.73 Å². The van der Waals surface area contributed by atoms with E-state index in [4.69, 9.17) is 5.73 Å². The molecular weight excluding hydrogens is 463 g/mol. The van der Waals surface area contributed by atoms with Crippen molar-refractivity contribution in [2.24, 2.45) is 22.7 Å². The third-order valence-electron chi connectivity index (χ3n) is 9.48.